The van der Waals surface area contributed by atoms with Crippen molar-refractivity contribution in [1.29, 1.82) is 0 Å². The molecule has 28 heavy (non-hydrogen) atoms. The molecule has 8 nitrogen and oxygen atoms in total. The van der Waals surface area contributed by atoms with Crippen molar-refractivity contribution in [1.82, 2.24) is 30.2 Å². The predicted molar refractivity (Wildman–Crippen MR) is 101 cm³/mol. The molecule has 0 aromatic carbocycles. The molecule has 0 saturated carbocycles. The Hall–Kier alpha value is -3.16. The first kappa shape index (κ1) is 18.2. The van der Waals surface area contributed by atoms with E-state index in [2.05, 4.69) is 25.3 Å². The number of rotatable bonds is 4. The van der Waals surface area contributed by atoms with Crippen LogP contribution >= 0.6 is 0 Å². The summed E-state index contributed by atoms with van der Waals surface area (Å²) in [6.45, 7) is 5.29. The standard InChI is InChI=1S/C20H22N6O2/c1-13-19(14(2)28-25-13)18-10-17(21-12-22-18)9-15-4-7-26(8-5-15)20(27)16-3-6-23-24-11-16/h3,6,10-12,15H,4-5,7-9H2,1-2H3. The maximum Gasteiger partial charge on any atom is 0.255 e. The van der Waals surface area contributed by atoms with E-state index in [0.717, 1.165) is 60.8 Å². The first-order valence-electron chi connectivity index (χ1n) is 9.42. The van der Waals surface area contributed by atoms with Crippen molar-refractivity contribution in [2.24, 2.45) is 5.92 Å². The van der Waals surface area contributed by atoms with Gasteiger partial charge in [0, 0.05) is 18.8 Å². The molecule has 4 rings (SSSR count). The lowest BCUT2D eigenvalue weighted by molar-refractivity contribution is 0.0689. The lowest BCUT2D eigenvalue weighted by Crippen LogP contribution is -2.39. The first-order chi connectivity index (χ1) is 13.6. The van der Waals surface area contributed by atoms with Crippen molar-refractivity contribution in [2.45, 2.75) is 33.1 Å². The van der Waals surface area contributed by atoms with E-state index < -0.39 is 0 Å². The van der Waals surface area contributed by atoms with Crippen LogP contribution in [0.1, 0.15) is 40.3 Å². The van der Waals surface area contributed by atoms with Crippen molar-refractivity contribution >= 4 is 5.91 Å². The van der Waals surface area contributed by atoms with Gasteiger partial charge in [-0.1, -0.05) is 5.16 Å². The highest BCUT2D eigenvalue weighted by Gasteiger charge is 2.24. The zero-order valence-corrected chi connectivity index (χ0v) is 16.0. The molecular weight excluding hydrogens is 356 g/mol. The second-order valence-corrected chi connectivity index (χ2v) is 7.16. The van der Waals surface area contributed by atoms with Gasteiger partial charge in [0.2, 0.25) is 0 Å². The zero-order chi connectivity index (χ0) is 19.5. The van der Waals surface area contributed by atoms with E-state index in [1.54, 1.807) is 18.6 Å². The van der Waals surface area contributed by atoms with E-state index in [-0.39, 0.29) is 5.91 Å². The Bertz CT molecular complexity index is 944. The molecule has 3 aromatic rings. The Morgan fingerprint density at radius 1 is 1.21 bits per heavy atom. The summed E-state index contributed by atoms with van der Waals surface area (Å²) in [7, 11) is 0. The van der Waals surface area contributed by atoms with Gasteiger partial charge in [-0.2, -0.15) is 10.2 Å². The summed E-state index contributed by atoms with van der Waals surface area (Å²) >= 11 is 0. The Morgan fingerprint density at radius 3 is 2.71 bits per heavy atom. The average molecular weight is 378 g/mol. The lowest BCUT2D eigenvalue weighted by atomic mass is 9.91. The molecule has 1 amide bonds. The zero-order valence-electron chi connectivity index (χ0n) is 16.0. The maximum absolute atomic E-state index is 12.5. The third-order valence-electron chi connectivity index (χ3n) is 5.24. The monoisotopic (exact) mass is 378 g/mol. The molecule has 0 aliphatic carbocycles. The minimum absolute atomic E-state index is 0.0241. The van der Waals surface area contributed by atoms with Crippen LogP contribution in [-0.2, 0) is 6.42 Å². The number of likely N-dealkylation sites (tertiary alicyclic amines) is 1. The molecule has 0 atom stereocenters. The molecule has 1 aliphatic heterocycles. The van der Waals surface area contributed by atoms with Crippen LogP contribution in [0.15, 0.2) is 35.4 Å². The van der Waals surface area contributed by atoms with Gasteiger partial charge in [0.1, 0.15) is 12.1 Å². The highest BCUT2D eigenvalue weighted by Crippen LogP contribution is 2.27. The summed E-state index contributed by atoms with van der Waals surface area (Å²) in [5, 5.41) is 11.5. The minimum Gasteiger partial charge on any atom is -0.361 e. The van der Waals surface area contributed by atoms with Crippen molar-refractivity contribution in [3.8, 4) is 11.3 Å². The average Bonchev–Trinajstić information content (AvgIpc) is 3.07. The fourth-order valence-electron chi connectivity index (χ4n) is 3.73. The van der Waals surface area contributed by atoms with Gasteiger partial charge in [0.15, 0.2) is 0 Å². The first-order valence-corrected chi connectivity index (χ1v) is 9.42. The topological polar surface area (TPSA) is 97.9 Å². The quantitative estimate of drug-likeness (QED) is 0.688. The molecule has 8 heteroatoms. The SMILES string of the molecule is Cc1noc(C)c1-c1cc(CC2CCN(C(=O)c3ccnnc3)CC2)ncn1. The molecule has 1 saturated heterocycles. The van der Waals surface area contributed by atoms with Gasteiger partial charge in [0.25, 0.3) is 5.91 Å². The summed E-state index contributed by atoms with van der Waals surface area (Å²) in [4.78, 5) is 23.3. The number of carbonyl (C=O) groups is 1. The van der Waals surface area contributed by atoms with Gasteiger partial charge in [0.05, 0.1) is 34.9 Å². The van der Waals surface area contributed by atoms with Gasteiger partial charge in [-0.3, -0.25) is 4.79 Å². The highest BCUT2D eigenvalue weighted by molar-refractivity contribution is 5.93. The lowest BCUT2D eigenvalue weighted by Gasteiger charge is -2.31. The number of piperidine rings is 1. The van der Waals surface area contributed by atoms with Crippen LogP contribution < -0.4 is 0 Å². The molecule has 3 aromatic heterocycles. The van der Waals surface area contributed by atoms with Gasteiger partial charge < -0.3 is 9.42 Å². The molecule has 0 N–H and O–H groups in total. The van der Waals surface area contributed by atoms with E-state index in [9.17, 15) is 4.79 Å². The Kier molecular flexibility index (Phi) is 5.10. The van der Waals surface area contributed by atoms with Crippen LogP contribution in [-0.4, -0.2) is 49.2 Å². The molecule has 144 valence electrons. The summed E-state index contributed by atoms with van der Waals surface area (Å²) in [6.07, 6.45) is 7.45. The Morgan fingerprint density at radius 2 is 2.04 bits per heavy atom. The smallest absolute Gasteiger partial charge is 0.255 e. The minimum atomic E-state index is 0.0241. The Balaban J connectivity index is 1.39. The van der Waals surface area contributed by atoms with Crippen LogP contribution in [0.4, 0.5) is 0 Å². The van der Waals surface area contributed by atoms with Gasteiger partial charge >= 0.3 is 0 Å². The summed E-state index contributed by atoms with van der Waals surface area (Å²) in [5.41, 5.74) is 4.22. The molecule has 1 fully saturated rings. The number of aromatic nitrogens is 5. The van der Waals surface area contributed by atoms with Crippen molar-refractivity contribution in [3.05, 3.63) is 53.6 Å². The molecule has 0 unspecified atom stereocenters. The number of hydrogen-bond donors (Lipinski definition) is 0. The second kappa shape index (κ2) is 7.84. The van der Waals surface area contributed by atoms with Crippen molar-refractivity contribution in [3.63, 3.8) is 0 Å². The Labute approximate surface area is 163 Å². The summed E-state index contributed by atoms with van der Waals surface area (Å²) < 4.78 is 5.25. The number of aryl methyl sites for hydroxylation is 2. The summed E-state index contributed by atoms with van der Waals surface area (Å²) in [5.74, 6) is 1.28. The third-order valence-corrected chi connectivity index (χ3v) is 5.24. The van der Waals surface area contributed by atoms with E-state index in [1.165, 1.54) is 6.20 Å². The largest absolute Gasteiger partial charge is 0.361 e. The van der Waals surface area contributed by atoms with E-state index >= 15 is 0 Å². The molecule has 0 radical (unpaired) electrons. The molecule has 0 spiro atoms. The van der Waals surface area contributed by atoms with Crippen LogP contribution in [0.3, 0.4) is 0 Å². The van der Waals surface area contributed by atoms with Crippen molar-refractivity contribution in [2.75, 3.05) is 13.1 Å². The number of carbonyl (C=O) groups excluding carboxylic acids is 1. The summed E-state index contributed by atoms with van der Waals surface area (Å²) in [6, 6.07) is 3.73. The van der Waals surface area contributed by atoms with E-state index in [1.807, 2.05) is 24.8 Å². The number of hydrogen-bond acceptors (Lipinski definition) is 7. The molecule has 0 bridgehead atoms. The number of nitrogens with zero attached hydrogens (tertiary/aromatic N) is 6. The van der Waals surface area contributed by atoms with Crippen LogP contribution in [0.2, 0.25) is 0 Å². The predicted octanol–water partition coefficient (Wildman–Crippen LogP) is 2.63. The molecule has 1 aliphatic rings. The van der Waals surface area contributed by atoms with Crippen LogP contribution in [0.25, 0.3) is 11.3 Å². The maximum atomic E-state index is 12.5. The van der Waals surface area contributed by atoms with Gasteiger partial charge in [-0.15, -0.1) is 0 Å². The number of amides is 1. The highest BCUT2D eigenvalue weighted by atomic mass is 16.5. The van der Waals surface area contributed by atoms with E-state index in [4.69, 9.17) is 4.52 Å². The van der Waals surface area contributed by atoms with E-state index in [0.29, 0.717) is 11.5 Å². The molecular formula is C20H22N6O2. The van der Waals surface area contributed by atoms with Gasteiger partial charge in [-0.05, 0) is 51.2 Å². The van der Waals surface area contributed by atoms with Crippen molar-refractivity contribution < 1.29 is 9.32 Å². The fourth-order valence-corrected chi connectivity index (χ4v) is 3.73. The molecule has 4 heterocycles. The third kappa shape index (κ3) is 3.76. The fraction of sp³-hybridized carbons (Fsp3) is 0.400. The normalized spacial score (nSPS) is 15.0. The van der Waals surface area contributed by atoms with Gasteiger partial charge in [-0.25, -0.2) is 9.97 Å². The van der Waals surface area contributed by atoms with Crippen LogP contribution in [0.5, 0.6) is 0 Å². The van der Waals surface area contributed by atoms with Crippen LogP contribution in [0, 0.1) is 19.8 Å². The second-order valence-electron chi connectivity index (χ2n) is 7.16.